The summed E-state index contributed by atoms with van der Waals surface area (Å²) in [5.41, 5.74) is 5.28. The number of aromatic nitrogens is 2. The molecule has 0 aliphatic carbocycles. The number of carbonyl (C=O) groups excluding carboxylic acids is 1. The summed E-state index contributed by atoms with van der Waals surface area (Å²) in [5, 5.41) is 20.9. The Kier molecular flexibility index (Phi) is 10.8. The van der Waals surface area contributed by atoms with Crippen LogP contribution in [0.1, 0.15) is 31.1 Å². The van der Waals surface area contributed by atoms with Gasteiger partial charge in [-0.05, 0) is 13.0 Å². The molecule has 2 heterocycles. The van der Waals surface area contributed by atoms with Crippen molar-refractivity contribution in [2.75, 3.05) is 19.8 Å². The van der Waals surface area contributed by atoms with E-state index in [4.69, 9.17) is 15.3 Å². The molecule has 2 rings (SSSR count). The average molecular weight is 586 g/mol. The van der Waals surface area contributed by atoms with E-state index in [-0.39, 0.29) is 25.0 Å². The van der Waals surface area contributed by atoms with Crippen molar-refractivity contribution in [3.8, 4) is 11.8 Å². The first-order valence-corrected chi connectivity index (χ1v) is 15.9. The fraction of sp³-hybridized carbons (Fsp3) is 0.562. The van der Waals surface area contributed by atoms with Gasteiger partial charge in [-0.3, -0.25) is 4.79 Å². The van der Waals surface area contributed by atoms with E-state index in [1.807, 2.05) is 4.98 Å². The summed E-state index contributed by atoms with van der Waals surface area (Å²) in [6.45, 7) is -8.13. The summed E-state index contributed by atoms with van der Waals surface area (Å²) < 4.78 is 58.4. The van der Waals surface area contributed by atoms with Crippen LogP contribution in [0.4, 0.5) is 0 Å². The van der Waals surface area contributed by atoms with Crippen molar-refractivity contribution >= 4 is 27.3 Å². The van der Waals surface area contributed by atoms with Crippen LogP contribution in [0.25, 0.3) is 0 Å². The number of hydrogen-bond donors (Lipinski definition) is 4. The Hall–Kier alpha value is -2.38. The third-order valence-corrected chi connectivity index (χ3v) is 13.7. The minimum absolute atomic E-state index is 0.139. The number of hydroxylamine groups is 1. The van der Waals surface area contributed by atoms with Crippen LogP contribution in [0.3, 0.4) is 0 Å². The molecule has 206 valence electrons. The molecular formula is C16H21N4O14P3-2. The van der Waals surface area contributed by atoms with Crippen LogP contribution in [0.15, 0.2) is 15.8 Å². The van der Waals surface area contributed by atoms with Crippen molar-refractivity contribution in [3.63, 3.8) is 0 Å². The zero-order chi connectivity index (χ0) is 27.8. The second-order valence-electron chi connectivity index (χ2n) is 7.30. The van der Waals surface area contributed by atoms with Gasteiger partial charge >= 0.3 is 166 Å². The zero-order valence-corrected chi connectivity index (χ0v) is 21.4. The predicted molar refractivity (Wildman–Crippen MR) is 116 cm³/mol. The topological polar surface area (TPSA) is 282 Å². The van der Waals surface area contributed by atoms with E-state index in [2.05, 4.69) is 26.5 Å². The van der Waals surface area contributed by atoms with Crippen molar-refractivity contribution in [3.05, 3.63) is 32.6 Å². The number of amides is 1. The van der Waals surface area contributed by atoms with Gasteiger partial charge in [-0.25, -0.2) is 5.48 Å². The molecule has 1 aliphatic heterocycles. The van der Waals surface area contributed by atoms with Gasteiger partial charge in [0.25, 0.3) is 0 Å². The van der Waals surface area contributed by atoms with E-state index >= 15 is 0 Å². The quantitative estimate of drug-likeness (QED) is 0.0645. The third-order valence-electron chi connectivity index (χ3n) is 4.78. The molecule has 1 aliphatic rings. The third kappa shape index (κ3) is 7.14. The molecule has 21 heteroatoms. The fourth-order valence-electron chi connectivity index (χ4n) is 2.85. The number of nitrogens with two attached hydrogens (primary N) is 1. The van der Waals surface area contributed by atoms with Crippen LogP contribution >= 0.6 is 21.4 Å². The first kappa shape index (κ1) is 30.8. The van der Waals surface area contributed by atoms with Gasteiger partial charge in [0.15, 0.2) is 0 Å². The van der Waals surface area contributed by atoms with Crippen molar-refractivity contribution < 1.29 is 57.1 Å². The Morgan fingerprint density at radius 2 is 2.03 bits per heavy atom. The van der Waals surface area contributed by atoms with Crippen LogP contribution < -0.4 is 32.6 Å². The molecule has 1 aromatic heterocycles. The van der Waals surface area contributed by atoms with E-state index in [1.54, 1.807) is 0 Å². The molecule has 0 spiro atoms. The second-order valence-corrected chi connectivity index (χ2v) is 17.3. The normalized spacial score (nSPS) is 20.3. The minimum atomic E-state index is -6.94. The van der Waals surface area contributed by atoms with E-state index in [1.165, 1.54) is 0 Å². The Morgan fingerprint density at radius 1 is 1.35 bits per heavy atom. The van der Waals surface area contributed by atoms with Crippen LogP contribution in [0.5, 0.6) is 0 Å². The number of carbonyl (C=O) groups is 1. The molecule has 5 N–H and O–H groups in total. The van der Waals surface area contributed by atoms with E-state index in [0.717, 1.165) is 10.8 Å². The average Bonchev–Trinajstić information content (AvgIpc) is 3.22. The summed E-state index contributed by atoms with van der Waals surface area (Å²) in [7, 11) is -9.10. The van der Waals surface area contributed by atoms with Crippen molar-refractivity contribution in [2.24, 2.45) is 5.73 Å². The molecule has 1 fully saturated rings. The molecule has 0 unspecified atom stereocenters. The van der Waals surface area contributed by atoms with Crippen molar-refractivity contribution in [1.82, 2.24) is 15.0 Å². The molecule has 1 aromatic rings. The first-order chi connectivity index (χ1) is 17.4. The Bertz CT molecular complexity index is 1290. The maximum absolute atomic E-state index is 12.3. The van der Waals surface area contributed by atoms with Gasteiger partial charge in [0.2, 0.25) is 5.91 Å². The number of aliphatic hydroxyl groups is 1. The zero-order valence-electron chi connectivity index (χ0n) is 18.7. The molecule has 1 amide bonds. The second kappa shape index (κ2) is 12.9. The summed E-state index contributed by atoms with van der Waals surface area (Å²) in [5.74, 6) is 4.42. The molecule has 18 nitrogen and oxygen atoms in total. The van der Waals surface area contributed by atoms with Gasteiger partial charge in [-0.15, -0.1) is 0 Å². The van der Waals surface area contributed by atoms with E-state index in [9.17, 15) is 47.9 Å². The van der Waals surface area contributed by atoms with Crippen LogP contribution in [-0.2, 0) is 41.8 Å². The summed E-state index contributed by atoms with van der Waals surface area (Å²) in [6.07, 6.45) is -3.18. The molecule has 0 bridgehead atoms. The van der Waals surface area contributed by atoms with Crippen molar-refractivity contribution in [1.29, 1.82) is 0 Å². The Balaban J connectivity index is 2.13. The number of hydrogen-bond acceptors (Lipinski definition) is 15. The number of H-pyrrole nitrogens is 1. The van der Waals surface area contributed by atoms with Gasteiger partial charge in [0.1, 0.15) is 0 Å². The van der Waals surface area contributed by atoms with Crippen LogP contribution in [0, 0.1) is 11.8 Å². The van der Waals surface area contributed by atoms with Crippen molar-refractivity contribution in [2.45, 2.75) is 37.7 Å². The molecule has 1 saturated heterocycles. The van der Waals surface area contributed by atoms with Gasteiger partial charge in [0.05, 0.1) is 0 Å². The maximum atomic E-state index is 12.3. The number of nitrogens with zero attached hydrogens (tertiary/aromatic N) is 1. The number of rotatable bonds is 12. The van der Waals surface area contributed by atoms with Crippen LogP contribution in [-0.4, -0.2) is 52.5 Å². The SMILES string of the molecule is NCCCC(=O)NOCC#Cc1cn([C@H]2C[C@H](O)[C@@H](COP([O-])(O[O-])(P(=O)=O)P(=O)=O)O2)c(=O)[nH]c1=O. The Labute approximate surface area is 207 Å². The molecule has 0 saturated carbocycles. The van der Waals surface area contributed by atoms with E-state index < -0.39 is 63.6 Å². The van der Waals surface area contributed by atoms with Gasteiger partial charge in [-0.2, -0.15) is 0 Å². The summed E-state index contributed by atoms with van der Waals surface area (Å²) in [4.78, 5) is 54.8. The predicted octanol–water partition coefficient (Wildman–Crippen LogP) is -2.53. The molecule has 37 heavy (non-hydrogen) atoms. The molecule has 0 aromatic carbocycles. The van der Waals surface area contributed by atoms with E-state index in [0.29, 0.717) is 13.0 Å². The molecule has 3 atom stereocenters. The Morgan fingerprint density at radius 3 is 2.62 bits per heavy atom. The molecule has 0 radical (unpaired) electrons. The summed E-state index contributed by atoms with van der Waals surface area (Å²) in [6, 6.07) is 0. The van der Waals surface area contributed by atoms with Gasteiger partial charge < -0.3 is 5.73 Å². The number of nitrogens with one attached hydrogen (secondary N) is 2. The monoisotopic (exact) mass is 586 g/mol. The van der Waals surface area contributed by atoms with Gasteiger partial charge in [-0.1, -0.05) is 0 Å². The van der Waals surface area contributed by atoms with Crippen LogP contribution in [0.2, 0.25) is 0 Å². The first-order valence-electron chi connectivity index (χ1n) is 10.2. The van der Waals surface area contributed by atoms with Gasteiger partial charge in [0, 0.05) is 6.42 Å². The standard InChI is InChI=1S/C16H22N4O14P3/c17-5-1-4-13(22)19-31-6-2-3-10-8-20(16(24)18-15(10)23)14-7-11(21)12(33-14)9-32-37(30,34-25,35(26)27)36(28)29/h8,11-12,14,21,25H,1,4-7,9,17H2,(H,19,22)(H,18,23,24)/q-1/p-1/t11-,12+,14+/m0/s1. The number of aliphatic hydroxyl groups excluding tert-OH is 1. The number of aromatic amines is 1. The fourth-order valence-corrected chi connectivity index (χ4v) is 6.44. The molecular weight excluding hydrogens is 565 g/mol. The number of ether oxygens (including phenoxy) is 1. The summed E-state index contributed by atoms with van der Waals surface area (Å²) >= 11 is 0.